The van der Waals surface area contributed by atoms with Crippen molar-refractivity contribution in [3.8, 4) is 0 Å². The molecular formula is C13H17ClN2O. The second kappa shape index (κ2) is 4.96. The quantitative estimate of drug-likeness (QED) is 0.897. The van der Waals surface area contributed by atoms with E-state index in [4.69, 9.17) is 11.6 Å². The van der Waals surface area contributed by atoms with Crippen molar-refractivity contribution in [2.24, 2.45) is 0 Å². The van der Waals surface area contributed by atoms with E-state index in [1.54, 1.807) is 12.1 Å². The number of rotatable bonds is 3. The van der Waals surface area contributed by atoms with Gasteiger partial charge in [0, 0.05) is 30.8 Å². The minimum absolute atomic E-state index is 0.0431. The Morgan fingerprint density at radius 2 is 2.18 bits per heavy atom. The van der Waals surface area contributed by atoms with Crippen molar-refractivity contribution >= 4 is 23.2 Å². The van der Waals surface area contributed by atoms with Crippen molar-refractivity contribution in [3.05, 3.63) is 28.8 Å². The molecule has 1 amide bonds. The normalized spacial score (nSPS) is 15.2. The molecule has 0 spiro atoms. The molecule has 1 aromatic carbocycles. The Labute approximate surface area is 107 Å². The Kier molecular flexibility index (Phi) is 3.57. The zero-order valence-electron chi connectivity index (χ0n) is 10.2. The molecule has 0 aliphatic heterocycles. The van der Waals surface area contributed by atoms with E-state index in [9.17, 15) is 4.79 Å². The van der Waals surface area contributed by atoms with Crippen molar-refractivity contribution in [1.29, 1.82) is 0 Å². The molecule has 0 aromatic heterocycles. The fourth-order valence-electron chi connectivity index (χ4n) is 2.04. The molecule has 0 radical (unpaired) electrons. The highest BCUT2D eigenvalue weighted by Gasteiger charge is 2.27. The lowest BCUT2D eigenvalue weighted by atomic mass is 9.91. The van der Waals surface area contributed by atoms with E-state index in [-0.39, 0.29) is 5.91 Å². The van der Waals surface area contributed by atoms with Crippen LogP contribution in [0, 0.1) is 0 Å². The van der Waals surface area contributed by atoms with Gasteiger partial charge in [0.15, 0.2) is 0 Å². The SMILES string of the molecule is CNc1ccc(Cl)cc1C(=O)N(C)C1CCC1. The van der Waals surface area contributed by atoms with Gasteiger partial charge in [-0.3, -0.25) is 4.79 Å². The molecule has 3 nitrogen and oxygen atoms in total. The number of carbonyl (C=O) groups excluding carboxylic acids is 1. The van der Waals surface area contributed by atoms with E-state index in [0.717, 1.165) is 18.5 Å². The summed E-state index contributed by atoms with van der Waals surface area (Å²) >= 11 is 5.95. The molecule has 0 heterocycles. The van der Waals surface area contributed by atoms with Gasteiger partial charge >= 0.3 is 0 Å². The van der Waals surface area contributed by atoms with Crippen LogP contribution in [0.4, 0.5) is 5.69 Å². The second-order valence-electron chi connectivity index (χ2n) is 4.44. The Morgan fingerprint density at radius 1 is 1.47 bits per heavy atom. The average molecular weight is 253 g/mol. The smallest absolute Gasteiger partial charge is 0.255 e. The summed E-state index contributed by atoms with van der Waals surface area (Å²) in [6.07, 6.45) is 3.44. The van der Waals surface area contributed by atoms with Gasteiger partial charge in [0.2, 0.25) is 0 Å². The molecule has 1 fully saturated rings. The minimum Gasteiger partial charge on any atom is -0.387 e. The van der Waals surface area contributed by atoms with Gasteiger partial charge < -0.3 is 10.2 Å². The molecule has 1 aliphatic carbocycles. The highest BCUT2D eigenvalue weighted by Crippen LogP contribution is 2.27. The Morgan fingerprint density at radius 3 is 2.71 bits per heavy atom. The lowest BCUT2D eigenvalue weighted by Gasteiger charge is -2.35. The third-order valence-electron chi connectivity index (χ3n) is 3.42. The summed E-state index contributed by atoms with van der Waals surface area (Å²) in [6, 6.07) is 5.74. The number of nitrogens with zero attached hydrogens (tertiary/aromatic N) is 1. The third-order valence-corrected chi connectivity index (χ3v) is 3.66. The van der Waals surface area contributed by atoms with Crippen LogP contribution < -0.4 is 5.32 Å². The van der Waals surface area contributed by atoms with Crippen molar-refractivity contribution in [1.82, 2.24) is 4.90 Å². The average Bonchev–Trinajstić information content (AvgIpc) is 2.25. The summed E-state index contributed by atoms with van der Waals surface area (Å²) in [5.74, 6) is 0.0431. The maximum absolute atomic E-state index is 12.3. The van der Waals surface area contributed by atoms with Gasteiger partial charge in [-0.05, 0) is 37.5 Å². The molecular weight excluding hydrogens is 236 g/mol. The minimum atomic E-state index is 0.0431. The molecule has 1 aliphatic rings. The lowest BCUT2D eigenvalue weighted by molar-refractivity contribution is 0.0653. The fourth-order valence-corrected chi connectivity index (χ4v) is 2.21. The Balaban J connectivity index is 2.25. The fraction of sp³-hybridized carbons (Fsp3) is 0.462. The van der Waals surface area contributed by atoms with Gasteiger partial charge in [-0.25, -0.2) is 0 Å². The van der Waals surface area contributed by atoms with Crippen molar-refractivity contribution < 1.29 is 4.79 Å². The summed E-state index contributed by atoms with van der Waals surface area (Å²) < 4.78 is 0. The molecule has 4 heteroatoms. The third kappa shape index (κ3) is 2.39. The van der Waals surface area contributed by atoms with Gasteiger partial charge in [-0.15, -0.1) is 0 Å². The molecule has 1 N–H and O–H groups in total. The monoisotopic (exact) mass is 252 g/mol. The highest BCUT2D eigenvalue weighted by molar-refractivity contribution is 6.31. The van der Waals surface area contributed by atoms with Crippen LogP contribution in [0.25, 0.3) is 0 Å². The molecule has 17 heavy (non-hydrogen) atoms. The second-order valence-corrected chi connectivity index (χ2v) is 4.88. The molecule has 0 bridgehead atoms. The van der Waals surface area contributed by atoms with Gasteiger partial charge in [-0.2, -0.15) is 0 Å². The molecule has 0 saturated heterocycles. The van der Waals surface area contributed by atoms with Gasteiger partial charge in [0.05, 0.1) is 5.56 Å². The standard InChI is InChI=1S/C13H17ClN2O/c1-15-12-7-6-9(14)8-11(12)13(17)16(2)10-4-3-5-10/h6-8,10,15H,3-5H2,1-2H3. The number of halogens is 1. The molecule has 0 unspecified atom stereocenters. The van der Waals surface area contributed by atoms with E-state index in [1.165, 1.54) is 6.42 Å². The van der Waals surface area contributed by atoms with E-state index in [0.29, 0.717) is 16.6 Å². The van der Waals surface area contributed by atoms with Crippen LogP contribution in [0.1, 0.15) is 29.6 Å². The summed E-state index contributed by atoms with van der Waals surface area (Å²) in [5, 5.41) is 3.62. The number of hydrogen-bond acceptors (Lipinski definition) is 2. The van der Waals surface area contributed by atoms with Crippen LogP contribution in [0.15, 0.2) is 18.2 Å². The van der Waals surface area contributed by atoms with Crippen LogP contribution in [0.5, 0.6) is 0 Å². The topological polar surface area (TPSA) is 32.3 Å². The van der Waals surface area contributed by atoms with Gasteiger partial charge in [0.1, 0.15) is 0 Å². The predicted molar refractivity (Wildman–Crippen MR) is 70.7 cm³/mol. The van der Waals surface area contributed by atoms with Crippen LogP contribution in [-0.2, 0) is 0 Å². The zero-order chi connectivity index (χ0) is 12.4. The van der Waals surface area contributed by atoms with E-state index in [1.807, 2.05) is 25.1 Å². The molecule has 0 atom stereocenters. The maximum atomic E-state index is 12.3. The van der Waals surface area contributed by atoms with Gasteiger partial charge in [-0.1, -0.05) is 11.6 Å². The summed E-state index contributed by atoms with van der Waals surface area (Å²) in [4.78, 5) is 14.2. The lowest BCUT2D eigenvalue weighted by Crippen LogP contribution is -2.41. The highest BCUT2D eigenvalue weighted by atomic mass is 35.5. The van der Waals surface area contributed by atoms with Crippen LogP contribution >= 0.6 is 11.6 Å². The predicted octanol–water partition coefficient (Wildman–Crippen LogP) is 3.01. The first-order valence-corrected chi connectivity index (χ1v) is 6.25. The number of nitrogens with one attached hydrogen (secondary N) is 1. The first kappa shape index (κ1) is 12.2. The first-order chi connectivity index (χ1) is 8.13. The van der Waals surface area contributed by atoms with Crippen molar-refractivity contribution in [2.75, 3.05) is 19.4 Å². The summed E-state index contributed by atoms with van der Waals surface area (Å²) in [5.41, 5.74) is 1.47. The number of carbonyl (C=O) groups is 1. The number of anilines is 1. The Bertz CT molecular complexity index is 429. The summed E-state index contributed by atoms with van der Waals surface area (Å²) in [6.45, 7) is 0. The van der Waals surface area contributed by atoms with E-state index in [2.05, 4.69) is 5.32 Å². The molecule has 2 rings (SSSR count). The van der Waals surface area contributed by atoms with Crippen molar-refractivity contribution in [3.63, 3.8) is 0 Å². The van der Waals surface area contributed by atoms with Gasteiger partial charge in [0.25, 0.3) is 5.91 Å². The number of benzene rings is 1. The first-order valence-electron chi connectivity index (χ1n) is 5.88. The number of amides is 1. The van der Waals surface area contributed by atoms with Crippen LogP contribution in [0.3, 0.4) is 0 Å². The Hall–Kier alpha value is -1.22. The van der Waals surface area contributed by atoms with E-state index >= 15 is 0 Å². The van der Waals surface area contributed by atoms with Crippen LogP contribution in [0.2, 0.25) is 5.02 Å². The molecule has 92 valence electrons. The van der Waals surface area contributed by atoms with Crippen LogP contribution in [-0.4, -0.2) is 30.9 Å². The maximum Gasteiger partial charge on any atom is 0.255 e. The summed E-state index contributed by atoms with van der Waals surface area (Å²) in [7, 11) is 3.68. The molecule has 1 aromatic rings. The zero-order valence-corrected chi connectivity index (χ0v) is 10.9. The van der Waals surface area contributed by atoms with E-state index < -0.39 is 0 Å². The molecule has 1 saturated carbocycles. The number of hydrogen-bond donors (Lipinski definition) is 1. The van der Waals surface area contributed by atoms with Crippen molar-refractivity contribution in [2.45, 2.75) is 25.3 Å². The largest absolute Gasteiger partial charge is 0.387 e.